The number of nitrogens with one attached hydrogen (secondary N) is 1. The molecule has 0 radical (unpaired) electrons. The van der Waals surface area contributed by atoms with E-state index in [2.05, 4.69) is 16.4 Å². The monoisotopic (exact) mass is 621 g/mol. The summed E-state index contributed by atoms with van der Waals surface area (Å²) in [5, 5.41) is 14.1. The molecule has 0 aliphatic heterocycles. The van der Waals surface area contributed by atoms with Gasteiger partial charge >= 0.3 is 5.63 Å². The summed E-state index contributed by atoms with van der Waals surface area (Å²) >= 11 is 0.988. The summed E-state index contributed by atoms with van der Waals surface area (Å²) in [5.74, 6) is 0.0773. The third-order valence-electron chi connectivity index (χ3n) is 6.99. The quantitative estimate of drug-likeness (QED) is 0.107. The molecule has 11 heteroatoms. The number of rotatable bonds is 10. The zero-order chi connectivity index (χ0) is 32.1. The summed E-state index contributed by atoms with van der Waals surface area (Å²) in [6.07, 6.45) is 0. The molecular weight excluding hydrogens is 594 g/mol. The molecule has 0 unspecified atom stereocenters. The average Bonchev–Trinajstić information content (AvgIpc) is 3.06. The first-order valence-corrected chi connectivity index (χ1v) is 14.6. The predicted molar refractivity (Wildman–Crippen MR) is 171 cm³/mol. The maximum atomic E-state index is 13.9. The van der Waals surface area contributed by atoms with Crippen LogP contribution in [-0.4, -0.2) is 43.8 Å². The molecular formula is C34H27N3O7S. The second-order valence-corrected chi connectivity index (χ2v) is 10.6. The Bertz CT molecular complexity index is 2050. The number of anilines is 1. The van der Waals surface area contributed by atoms with E-state index in [1.165, 1.54) is 27.4 Å². The largest absolute Gasteiger partial charge is 0.495 e. The fourth-order valence-corrected chi connectivity index (χ4v) is 5.76. The smallest absolute Gasteiger partial charge is 0.347 e. The van der Waals surface area contributed by atoms with E-state index in [1.54, 1.807) is 73.7 Å². The van der Waals surface area contributed by atoms with E-state index in [0.717, 1.165) is 11.8 Å². The number of para-hydroxylation sites is 3. The second-order valence-electron chi connectivity index (χ2n) is 9.66. The number of methoxy groups -OCH3 is 3. The summed E-state index contributed by atoms with van der Waals surface area (Å²) in [6, 6.07) is 22.5. The van der Waals surface area contributed by atoms with Crippen molar-refractivity contribution >= 4 is 40.1 Å². The van der Waals surface area contributed by atoms with E-state index in [4.69, 9.17) is 18.6 Å². The number of aromatic nitrogens is 1. The highest BCUT2D eigenvalue weighted by atomic mass is 32.2. The Hall–Kier alpha value is -5.60. The molecule has 1 N–H and O–H groups in total. The number of ketones is 1. The van der Waals surface area contributed by atoms with E-state index in [9.17, 15) is 19.6 Å². The van der Waals surface area contributed by atoms with Gasteiger partial charge in [0.05, 0.1) is 49.6 Å². The molecule has 45 heavy (non-hydrogen) atoms. The molecule has 2 heterocycles. The highest BCUT2D eigenvalue weighted by molar-refractivity contribution is 8.00. The van der Waals surface area contributed by atoms with Crippen LogP contribution in [0.15, 0.2) is 87.0 Å². The van der Waals surface area contributed by atoms with Crippen molar-refractivity contribution in [1.29, 1.82) is 5.26 Å². The number of hydrogen-bond acceptors (Lipinski definition) is 10. The zero-order valence-corrected chi connectivity index (χ0v) is 25.6. The molecule has 10 nitrogen and oxygen atoms in total. The molecule has 226 valence electrons. The maximum Gasteiger partial charge on any atom is 0.347 e. The first kappa shape index (κ1) is 30.8. The van der Waals surface area contributed by atoms with Gasteiger partial charge in [-0.1, -0.05) is 48.2 Å². The van der Waals surface area contributed by atoms with Crippen molar-refractivity contribution in [2.24, 2.45) is 0 Å². The average molecular weight is 622 g/mol. The fourth-order valence-electron chi connectivity index (χ4n) is 4.84. The third kappa shape index (κ3) is 6.23. The Balaban J connectivity index is 1.60. The van der Waals surface area contributed by atoms with Crippen molar-refractivity contribution in [3.05, 3.63) is 106 Å². The topological polar surface area (TPSA) is 141 Å². The molecule has 0 fully saturated rings. The van der Waals surface area contributed by atoms with Crippen molar-refractivity contribution in [3.63, 3.8) is 0 Å². The molecule has 0 aliphatic carbocycles. The summed E-state index contributed by atoms with van der Waals surface area (Å²) in [5.41, 5.74) is 1.25. The Kier molecular flexibility index (Phi) is 9.16. The highest BCUT2D eigenvalue weighted by Crippen LogP contribution is 2.39. The van der Waals surface area contributed by atoms with Crippen molar-refractivity contribution in [2.45, 2.75) is 11.9 Å². The predicted octanol–water partition coefficient (Wildman–Crippen LogP) is 6.29. The van der Waals surface area contributed by atoms with Gasteiger partial charge in [-0.25, -0.2) is 9.78 Å². The van der Waals surface area contributed by atoms with Crippen LogP contribution < -0.4 is 25.2 Å². The van der Waals surface area contributed by atoms with Crippen LogP contribution >= 0.6 is 11.8 Å². The molecule has 0 saturated carbocycles. The van der Waals surface area contributed by atoms with Gasteiger partial charge in [0.1, 0.15) is 28.0 Å². The number of Topliss-reactive ketones (excluding diaryl/α,β-unsaturated/α-hetero) is 1. The minimum absolute atomic E-state index is 0.0707. The number of pyridine rings is 1. The summed E-state index contributed by atoms with van der Waals surface area (Å²) < 4.78 is 21.6. The standard InChI is InChI=1S/C34H27N3O7S/c1-19-30(32(39)37-24-10-6-8-12-27(24)41-2)31(21-13-14-28(42-3)29(16-21)43-4)23(17-35)33(36-19)45-18-25(38)22-15-20-9-5-7-11-26(20)44-34(22)40/h5-16H,18H2,1-4H3,(H,37,39). The van der Waals surface area contributed by atoms with E-state index in [0.29, 0.717) is 50.7 Å². The molecule has 0 aliphatic rings. The number of nitrogens with zero attached hydrogens (tertiary/aromatic N) is 2. The molecule has 0 spiro atoms. The highest BCUT2D eigenvalue weighted by Gasteiger charge is 2.26. The van der Waals surface area contributed by atoms with Crippen molar-refractivity contribution in [1.82, 2.24) is 4.98 Å². The van der Waals surface area contributed by atoms with Gasteiger partial charge in [-0.05, 0) is 48.9 Å². The summed E-state index contributed by atoms with van der Waals surface area (Å²) in [6.45, 7) is 1.65. The number of aryl methyl sites for hydroxylation is 1. The normalized spacial score (nSPS) is 10.6. The van der Waals surface area contributed by atoms with Gasteiger partial charge in [0.25, 0.3) is 5.91 Å². The number of benzene rings is 3. The van der Waals surface area contributed by atoms with Gasteiger partial charge in [0, 0.05) is 10.9 Å². The molecule has 2 aromatic heterocycles. The number of ether oxygens (including phenoxy) is 3. The number of thioether (sulfide) groups is 1. The van der Waals surface area contributed by atoms with Crippen molar-refractivity contribution in [3.8, 4) is 34.4 Å². The molecule has 0 saturated heterocycles. The van der Waals surface area contributed by atoms with E-state index in [-0.39, 0.29) is 27.5 Å². The molecule has 0 atom stereocenters. The molecule has 0 bridgehead atoms. The van der Waals surface area contributed by atoms with Crippen molar-refractivity contribution < 1.29 is 28.2 Å². The number of carbonyl (C=O) groups excluding carboxylic acids is 2. The lowest BCUT2D eigenvalue weighted by molar-refractivity contribution is 0.101. The number of amides is 1. The van der Waals surface area contributed by atoms with Crippen LogP contribution in [0, 0.1) is 18.3 Å². The lowest BCUT2D eigenvalue weighted by Gasteiger charge is -2.18. The molecule has 5 aromatic rings. The zero-order valence-electron chi connectivity index (χ0n) is 24.8. The minimum atomic E-state index is -0.752. The summed E-state index contributed by atoms with van der Waals surface area (Å²) in [7, 11) is 4.48. The Labute approximate surface area is 262 Å². The minimum Gasteiger partial charge on any atom is -0.495 e. The number of nitriles is 1. The summed E-state index contributed by atoms with van der Waals surface area (Å²) in [4.78, 5) is 44.3. The van der Waals surface area contributed by atoms with Crippen molar-refractivity contribution in [2.75, 3.05) is 32.4 Å². The number of hydrogen-bond donors (Lipinski definition) is 1. The van der Waals surface area contributed by atoms with Crippen LogP contribution in [0.2, 0.25) is 0 Å². The fraction of sp³-hybridized carbons (Fsp3) is 0.147. The first-order valence-electron chi connectivity index (χ1n) is 13.6. The van der Waals surface area contributed by atoms with Crippen LogP contribution in [0.3, 0.4) is 0 Å². The van der Waals surface area contributed by atoms with Crippen LogP contribution in [0.1, 0.15) is 32.0 Å². The second kappa shape index (κ2) is 13.4. The Morgan fingerprint density at radius 2 is 1.64 bits per heavy atom. The Morgan fingerprint density at radius 3 is 2.38 bits per heavy atom. The van der Waals surface area contributed by atoms with Crippen LogP contribution in [0.25, 0.3) is 22.1 Å². The maximum absolute atomic E-state index is 13.9. The Morgan fingerprint density at radius 1 is 0.933 bits per heavy atom. The van der Waals surface area contributed by atoms with Gasteiger partial charge in [0.15, 0.2) is 17.3 Å². The number of carbonyl (C=O) groups is 2. The molecule has 3 aromatic carbocycles. The van der Waals surface area contributed by atoms with E-state index < -0.39 is 17.3 Å². The van der Waals surface area contributed by atoms with Gasteiger partial charge in [0.2, 0.25) is 0 Å². The third-order valence-corrected chi connectivity index (χ3v) is 7.97. The molecule has 1 amide bonds. The van der Waals surface area contributed by atoms with Crippen LogP contribution in [-0.2, 0) is 0 Å². The molecule has 5 rings (SSSR count). The van der Waals surface area contributed by atoms with Crippen LogP contribution in [0.4, 0.5) is 5.69 Å². The van der Waals surface area contributed by atoms with Gasteiger partial charge in [-0.3, -0.25) is 9.59 Å². The first-order chi connectivity index (χ1) is 21.8. The van der Waals surface area contributed by atoms with E-state index in [1.807, 2.05) is 0 Å². The van der Waals surface area contributed by atoms with E-state index >= 15 is 0 Å². The van der Waals surface area contributed by atoms with Gasteiger partial charge < -0.3 is 23.9 Å². The van der Waals surface area contributed by atoms with Gasteiger partial charge in [-0.15, -0.1) is 0 Å². The SMILES string of the molecule is COc1ccccc1NC(=O)c1c(C)nc(SCC(=O)c2cc3ccccc3oc2=O)c(C#N)c1-c1ccc(OC)c(OC)c1. The number of fused-ring (bicyclic) bond motifs is 1. The van der Waals surface area contributed by atoms with Crippen LogP contribution in [0.5, 0.6) is 17.2 Å². The lowest BCUT2D eigenvalue weighted by Crippen LogP contribution is -2.18. The lowest BCUT2D eigenvalue weighted by atomic mass is 9.94. The van der Waals surface area contributed by atoms with Gasteiger partial charge in [-0.2, -0.15) is 5.26 Å².